The van der Waals surface area contributed by atoms with Gasteiger partial charge < -0.3 is 0 Å². The van der Waals surface area contributed by atoms with E-state index in [4.69, 9.17) is 5.53 Å². The van der Waals surface area contributed by atoms with E-state index in [0.29, 0.717) is 0 Å². The first-order valence-electron chi connectivity index (χ1n) is 4.87. The Morgan fingerprint density at radius 2 is 2.06 bits per heavy atom. The van der Waals surface area contributed by atoms with E-state index < -0.39 is 0 Å². The summed E-state index contributed by atoms with van der Waals surface area (Å²) in [6.07, 6.45) is 0. The first-order valence-corrected chi connectivity index (χ1v) is 5.95. The molecule has 0 N–H and O–H groups in total. The maximum atomic E-state index is 8.18. The van der Waals surface area contributed by atoms with Crippen molar-refractivity contribution in [2.45, 2.75) is 13.0 Å². The van der Waals surface area contributed by atoms with Crippen LogP contribution in [0.4, 0.5) is 0 Å². The van der Waals surface area contributed by atoms with Gasteiger partial charge in [-0.25, -0.2) is 24.3 Å². The molecule has 0 saturated heterocycles. The van der Waals surface area contributed by atoms with Crippen LogP contribution < -0.4 is 0 Å². The first kappa shape index (κ1) is 16.3. The molecule has 0 heterocycles. The molecule has 17 heavy (non-hydrogen) atoms. The number of azide groups is 1. The zero-order valence-corrected chi connectivity index (χ0v) is 12.5. The molecule has 0 bridgehead atoms. The van der Waals surface area contributed by atoms with Crippen LogP contribution in [0.5, 0.6) is 0 Å². The van der Waals surface area contributed by atoms with Gasteiger partial charge in [0.25, 0.3) is 0 Å². The third kappa shape index (κ3) is 5.94. The number of nitrogens with zero attached hydrogens (tertiary/aromatic N) is 3. The van der Waals surface area contributed by atoms with E-state index in [9.17, 15) is 0 Å². The van der Waals surface area contributed by atoms with Gasteiger partial charge in [0.1, 0.15) is 0 Å². The van der Waals surface area contributed by atoms with Crippen molar-refractivity contribution in [3.8, 4) is 0 Å². The van der Waals surface area contributed by atoms with Gasteiger partial charge in [-0.3, -0.25) is 0 Å². The third-order valence-electron chi connectivity index (χ3n) is 2.02. The average molecular weight is 381 g/mol. The molecule has 2 aromatic carbocycles. The molecule has 0 aromatic heterocycles. The van der Waals surface area contributed by atoms with Crippen molar-refractivity contribution in [2.24, 2.45) is 5.11 Å². The normalized spacial score (nSPS) is 10.2. The predicted octanol–water partition coefficient (Wildman–Crippen LogP) is 4.78. The minimum atomic E-state index is -0.0538. The summed E-state index contributed by atoms with van der Waals surface area (Å²) in [4.78, 5) is 2.75. The summed E-state index contributed by atoms with van der Waals surface area (Å²) < 4.78 is 1.16. The van der Waals surface area contributed by atoms with Crippen molar-refractivity contribution in [2.75, 3.05) is 0 Å². The van der Waals surface area contributed by atoms with Gasteiger partial charge in [-0.15, -0.1) is 9.13 Å². The quantitative estimate of drug-likeness (QED) is 0.180. The standard InChI is InChI=1S/C7H7IN3.C5H5.Fe/c1-5(10-11-9)6-3-2-4-7(6)8;1-2-4-5-3-1;/h2-5H,1H3;1-5H;/q2*-1;+2/t5-;;/m0../s1. The first-order chi connectivity index (χ1) is 7.75. The second kappa shape index (κ2) is 9.31. The molecule has 1 atom stereocenters. The van der Waals surface area contributed by atoms with E-state index >= 15 is 0 Å². The third-order valence-corrected chi connectivity index (χ3v) is 3.01. The van der Waals surface area contributed by atoms with Crippen LogP contribution in [0.25, 0.3) is 10.4 Å². The Hall–Kier alpha value is -0.741. The number of halogens is 1. The van der Waals surface area contributed by atoms with Crippen LogP contribution in [-0.4, -0.2) is 0 Å². The molecule has 0 radical (unpaired) electrons. The van der Waals surface area contributed by atoms with Crippen LogP contribution in [-0.2, 0) is 17.1 Å². The molecule has 0 spiro atoms. The molecule has 90 valence electrons. The van der Waals surface area contributed by atoms with Crippen LogP contribution in [0, 0.1) is 3.57 Å². The Kier molecular flexibility index (Phi) is 8.90. The summed E-state index contributed by atoms with van der Waals surface area (Å²) in [5.74, 6) is 0. The fourth-order valence-corrected chi connectivity index (χ4v) is 2.05. The average Bonchev–Trinajstić information content (AvgIpc) is 2.90. The summed E-state index contributed by atoms with van der Waals surface area (Å²) in [5, 5.41) is 3.60. The molecule has 3 nitrogen and oxygen atoms in total. The summed E-state index contributed by atoms with van der Waals surface area (Å²) in [7, 11) is 0. The minimum absolute atomic E-state index is 0. The van der Waals surface area contributed by atoms with Gasteiger partial charge >= 0.3 is 17.1 Å². The SMILES string of the molecule is C[C@H](N=[N+]=[N-])[c-]1cccc1I.[Fe+2].c1cc[cH-]c1. The van der Waals surface area contributed by atoms with Crippen LogP contribution >= 0.6 is 22.6 Å². The molecule has 0 saturated carbocycles. The second-order valence-corrected chi connectivity index (χ2v) is 4.33. The van der Waals surface area contributed by atoms with E-state index in [1.807, 2.05) is 55.5 Å². The van der Waals surface area contributed by atoms with Crippen LogP contribution in [0.2, 0.25) is 0 Å². The Morgan fingerprint density at radius 1 is 1.41 bits per heavy atom. The van der Waals surface area contributed by atoms with E-state index in [2.05, 4.69) is 32.6 Å². The van der Waals surface area contributed by atoms with Crippen LogP contribution in [0.3, 0.4) is 0 Å². The van der Waals surface area contributed by atoms with Crippen molar-refractivity contribution in [1.82, 2.24) is 0 Å². The topological polar surface area (TPSA) is 48.8 Å². The monoisotopic (exact) mass is 381 g/mol. The van der Waals surface area contributed by atoms with E-state index in [-0.39, 0.29) is 23.1 Å². The van der Waals surface area contributed by atoms with Crippen molar-refractivity contribution < 1.29 is 17.1 Å². The Labute approximate surface area is 125 Å². The van der Waals surface area contributed by atoms with Crippen LogP contribution in [0.1, 0.15) is 18.5 Å². The molecule has 0 aliphatic rings. The van der Waals surface area contributed by atoms with E-state index in [1.165, 1.54) is 0 Å². The van der Waals surface area contributed by atoms with Gasteiger partial charge in [0, 0.05) is 11.0 Å². The van der Waals surface area contributed by atoms with E-state index in [1.54, 1.807) is 0 Å². The van der Waals surface area contributed by atoms with Crippen molar-refractivity contribution >= 4 is 22.6 Å². The number of rotatable bonds is 2. The molecular weight excluding hydrogens is 369 g/mol. The molecule has 0 fully saturated rings. The molecule has 0 aliphatic heterocycles. The van der Waals surface area contributed by atoms with Gasteiger partial charge in [-0.05, 0) is 5.53 Å². The molecular formula is C12H12FeIN3. The minimum Gasteiger partial charge on any atom is -0.214 e. The molecule has 0 amide bonds. The summed E-state index contributed by atoms with van der Waals surface area (Å²) in [6.45, 7) is 1.89. The van der Waals surface area contributed by atoms with Crippen molar-refractivity contribution in [3.05, 3.63) is 68.1 Å². The van der Waals surface area contributed by atoms with Gasteiger partial charge in [-0.2, -0.15) is 24.3 Å². The second-order valence-electron chi connectivity index (χ2n) is 3.17. The number of hydrogen-bond donors (Lipinski definition) is 0. The molecule has 2 rings (SSSR count). The molecule has 0 aliphatic carbocycles. The van der Waals surface area contributed by atoms with Crippen molar-refractivity contribution in [1.29, 1.82) is 0 Å². The zero-order valence-electron chi connectivity index (χ0n) is 9.27. The zero-order chi connectivity index (χ0) is 11.8. The van der Waals surface area contributed by atoms with Gasteiger partial charge in [0.05, 0.1) is 0 Å². The van der Waals surface area contributed by atoms with Gasteiger partial charge in [-0.1, -0.05) is 34.6 Å². The Morgan fingerprint density at radius 3 is 2.41 bits per heavy atom. The van der Waals surface area contributed by atoms with Gasteiger partial charge in [0.15, 0.2) is 0 Å². The maximum absolute atomic E-state index is 8.18. The predicted molar refractivity (Wildman–Crippen MR) is 74.3 cm³/mol. The number of hydrogen-bond acceptors (Lipinski definition) is 1. The largest absolute Gasteiger partial charge is 2.00 e. The molecule has 5 heteroatoms. The van der Waals surface area contributed by atoms with Crippen molar-refractivity contribution in [3.63, 3.8) is 0 Å². The summed E-state index contributed by atoms with van der Waals surface area (Å²) in [5.41, 5.74) is 9.28. The molecule has 0 unspecified atom stereocenters. The van der Waals surface area contributed by atoms with E-state index in [0.717, 1.165) is 9.13 Å². The summed E-state index contributed by atoms with van der Waals surface area (Å²) >= 11 is 2.23. The summed E-state index contributed by atoms with van der Waals surface area (Å²) in [6, 6.07) is 15.9. The fourth-order valence-electron chi connectivity index (χ4n) is 1.21. The van der Waals surface area contributed by atoms with Gasteiger partial charge in [0.2, 0.25) is 0 Å². The Balaban J connectivity index is 0.000000360. The smallest absolute Gasteiger partial charge is 0.214 e. The maximum Gasteiger partial charge on any atom is 2.00 e. The Bertz CT molecular complexity index is 427. The van der Waals surface area contributed by atoms with Crippen LogP contribution in [0.15, 0.2) is 53.6 Å². The molecule has 2 aromatic rings. The fraction of sp³-hybridized carbons (Fsp3) is 0.167.